The van der Waals surface area contributed by atoms with Crippen LogP contribution in [0.25, 0.3) is 0 Å². The van der Waals surface area contributed by atoms with Gasteiger partial charge in [-0.05, 0) is 31.5 Å². The van der Waals surface area contributed by atoms with Crippen LogP contribution < -0.4 is 4.74 Å². The second-order valence-electron chi connectivity index (χ2n) is 5.55. The second-order valence-corrected chi connectivity index (χ2v) is 7.00. The molecule has 0 aromatic heterocycles. The molecule has 0 spiro atoms. The van der Waals surface area contributed by atoms with Crippen LogP contribution in [0.5, 0.6) is 11.5 Å². The minimum absolute atomic E-state index is 0.00795. The molecule has 0 radical (unpaired) electrons. The summed E-state index contributed by atoms with van der Waals surface area (Å²) < 4.78 is 10.8. The standard InChI is InChI=1S/C19H21NO5S/c1-3-24-18(21)13-12-14(2)26-19-16(20(22)23)10-7-11-17(19)25-15-8-5-4-6-9-15/h4-11,14H,3,12-13H2,1-2H3/t14-/m0/s1. The molecule has 2 aromatic carbocycles. The molecule has 2 aromatic rings. The summed E-state index contributed by atoms with van der Waals surface area (Å²) in [5.74, 6) is 0.774. The molecule has 0 saturated carbocycles. The van der Waals surface area contributed by atoms with Crippen LogP contribution in [0.15, 0.2) is 53.4 Å². The molecule has 0 saturated heterocycles. The molecule has 0 amide bonds. The van der Waals surface area contributed by atoms with E-state index < -0.39 is 4.92 Å². The van der Waals surface area contributed by atoms with Crippen LogP contribution in [0.1, 0.15) is 26.7 Å². The fourth-order valence-electron chi connectivity index (χ4n) is 2.28. The third-order valence-corrected chi connectivity index (χ3v) is 4.79. The fraction of sp³-hybridized carbons (Fsp3) is 0.316. The van der Waals surface area contributed by atoms with Gasteiger partial charge in [-0.1, -0.05) is 31.2 Å². The van der Waals surface area contributed by atoms with E-state index in [1.165, 1.54) is 17.8 Å². The lowest BCUT2D eigenvalue weighted by molar-refractivity contribution is -0.387. The van der Waals surface area contributed by atoms with Crippen molar-refractivity contribution in [3.8, 4) is 11.5 Å². The molecule has 1 atom stereocenters. The average molecular weight is 375 g/mol. The maximum Gasteiger partial charge on any atom is 0.305 e. The van der Waals surface area contributed by atoms with Gasteiger partial charge in [0.05, 0.1) is 11.5 Å². The molecule has 0 N–H and O–H groups in total. The van der Waals surface area contributed by atoms with E-state index in [4.69, 9.17) is 9.47 Å². The van der Waals surface area contributed by atoms with Crippen molar-refractivity contribution in [2.24, 2.45) is 0 Å². The highest BCUT2D eigenvalue weighted by Crippen LogP contribution is 2.42. The SMILES string of the molecule is CCOC(=O)CC[C@H](C)Sc1c(Oc2ccccc2)cccc1[N+](=O)[O-]. The first-order valence-electron chi connectivity index (χ1n) is 8.33. The first kappa shape index (κ1) is 19.8. The van der Waals surface area contributed by atoms with Crippen molar-refractivity contribution in [2.75, 3.05) is 6.61 Å². The van der Waals surface area contributed by atoms with Gasteiger partial charge in [0.15, 0.2) is 0 Å². The number of carbonyl (C=O) groups is 1. The van der Waals surface area contributed by atoms with Crippen molar-refractivity contribution in [3.63, 3.8) is 0 Å². The molecule has 0 fully saturated rings. The monoisotopic (exact) mass is 375 g/mol. The summed E-state index contributed by atoms with van der Waals surface area (Å²) in [6, 6.07) is 13.9. The van der Waals surface area contributed by atoms with E-state index in [2.05, 4.69) is 0 Å². The predicted octanol–water partition coefficient (Wildman–Crippen LogP) is 5.21. The van der Waals surface area contributed by atoms with Crippen molar-refractivity contribution < 1.29 is 19.2 Å². The van der Waals surface area contributed by atoms with Crippen molar-refractivity contribution in [1.82, 2.24) is 0 Å². The molecule has 0 aliphatic heterocycles. The van der Waals surface area contributed by atoms with E-state index in [-0.39, 0.29) is 23.3 Å². The summed E-state index contributed by atoms with van der Waals surface area (Å²) in [6.45, 7) is 4.03. The number of hydrogen-bond donors (Lipinski definition) is 0. The third-order valence-electron chi connectivity index (χ3n) is 3.51. The quantitative estimate of drug-likeness (QED) is 0.259. The van der Waals surface area contributed by atoms with E-state index in [1.54, 1.807) is 31.2 Å². The lowest BCUT2D eigenvalue weighted by Crippen LogP contribution is -2.07. The number of nitro groups is 1. The van der Waals surface area contributed by atoms with Gasteiger partial charge >= 0.3 is 5.97 Å². The number of ether oxygens (including phenoxy) is 2. The van der Waals surface area contributed by atoms with Gasteiger partial charge in [0, 0.05) is 17.7 Å². The molecule has 7 heteroatoms. The minimum Gasteiger partial charge on any atom is -0.466 e. The first-order valence-corrected chi connectivity index (χ1v) is 9.21. The minimum atomic E-state index is -0.418. The molecule has 6 nitrogen and oxygen atoms in total. The number of carbonyl (C=O) groups excluding carboxylic acids is 1. The van der Waals surface area contributed by atoms with E-state index in [9.17, 15) is 14.9 Å². The van der Waals surface area contributed by atoms with Crippen LogP contribution in [0.3, 0.4) is 0 Å². The summed E-state index contributed by atoms with van der Waals surface area (Å²) in [4.78, 5) is 23.0. The smallest absolute Gasteiger partial charge is 0.305 e. The fourth-order valence-corrected chi connectivity index (χ4v) is 3.40. The Balaban J connectivity index is 2.18. The van der Waals surface area contributed by atoms with Crippen LogP contribution in [-0.2, 0) is 9.53 Å². The van der Waals surface area contributed by atoms with Crippen LogP contribution in [-0.4, -0.2) is 22.7 Å². The zero-order chi connectivity index (χ0) is 18.9. The third kappa shape index (κ3) is 5.77. The average Bonchev–Trinajstić information content (AvgIpc) is 2.62. The predicted molar refractivity (Wildman–Crippen MR) is 101 cm³/mol. The van der Waals surface area contributed by atoms with Crippen molar-refractivity contribution >= 4 is 23.4 Å². The zero-order valence-electron chi connectivity index (χ0n) is 14.7. The summed E-state index contributed by atoms with van der Waals surface area (Å²) in [5.41, 5.74) is -0.00795. The number of benzene rings is 2. The molecule has 138 valence electrons. The van der Waals surface area contributed by atoms with Gasteiger partial charge in [-0.25, -0.2) is 0 Å². The van der Waals surface area contributed by atoms with Crippen LogP contribution in [0.4, 0.5) is 5.69 Å². The Hall–Kier alpha value is -2.54. The number of nitrogens with zero attached hydrogens (tertiary/aromatic N) is 1. The summed E-state index contributed by atoms with van der Waals surface area (Å²) in [7, 11) is 0. The topological polar surface area (TPSA) is 78.7 Å². The largest absolute Gasteiger partial charge is 0.466 e. The number of hydrogen-bond acceptors (Lipinski definition) is 6. The van der Waals surface area contributed by atoms with Gasteiger partial charge in [0.2, 0.25) is 0 Å². The maximum absolute atomic E-state index is 11.5. The van der Waals surface area contributed by atoms with Gasteiger partial charge in [0.25, 0.3) is 5.69 Å². The maximum atomic E-state index is 11.5. The molecule has 0 heterocycles. The number of esters is 1. The van der Waals surface area contributed by atoms with Gasteiger partial charge < -0.3 is 9.47 Å². The lowest BCUT2D eigenvalue weighted by atomic mass is 10.2. The van der Waals surface area contributed by atoms with E-state index >= 15 is 0 Å². The summed E-state index contributed by atoms with van der Waals surface area (Å²) in [5, 5.41) is 11.4. The molecular weight excluding hydrogens is 354 g/mol. The second kappa shape index (κ2) is 9.82. The van der Waals surface area contributed by atoms with Crippen molar-refractivity contribution in [2.45, 2.75) is 36.8 Å². The van der Waals surface area contributed by atoms with Crippen LogP contribution >= 0.6 is 11.8 Å². The Morgan fingerprint density at radius 2 is 1.92 bits per heavy atom. The molecular formula is C19H21NO5S. The highest BCUT2D eigenvalue weighted by atomic mass is 32.2. The van der Waals surface area contributed by atoms with E-state index in [1.807, 2.05) is 25.1 Å². The Bertz CT molecular complexity index is 751. The Morgan fingerprint density at radius 3 is 2.58 bits per heavy atom. The van der Waals surface area contributed by atoms with Gasteiger partial charge in [-0.2, -0.15) is 0 Å². The molecule has 2 rings (SSSR count). The highest BCUT2D eigenvalue weighted by Gasteiger charge is 2.22. The van der Waals surface area contributed by atoms with Gasteiger partial charge in [-0.3, -0.25) is 14.9 Å². The highest BCUT2D eigenvalue weighted by molar-refractivity contribution is 8.00. The van der Waals surface area contributed by atoms with Crippen molar-refractivity contribution in [3.05, 3.63) is 58.6 Å². The van der Waals surface area contributed by atoms with Crippen molar-refractivity contribution in [1.29, 1.82) is 0 Å². The number of rotatable bonds is 9. The van der Waals surface area contributed by atoms with Crippen LogP contribution in [0, 0.1) is 10.1 Å². The summed E-state index contributed by atoms with van der Waals surface area (Å²) >= 11 is 1.33. The molecule has 0 aliphatic carbocycles. The molecule has 26 heavy (non-hydrogen) atoms. The summed E-state index contributed by atoms with van der Waals surface area (Å²) in [6.07, 6.45) is 0.831. The Kier molecular flexibility index (Phi) is 7.47. The first-order chi connectivity index (χ1) is 12.5. The Labute approximate surface area is 156 Å². The Morgan fingerprint density at radius 1 is 1.19 bits per heavy atom. The number of para-hydroxylation sites is 1. The van der Waals surface area contributed by atoms with E-state index in [0.717, 1.165) is 0 Å². The molecule has 0 unspecified atom stereocenters. The molecule has 0 bridgehead atoms. The zero-order valence-corrected chi connectivity index (χ0v) is 15.5. The number of nitro benzene ring substituents is 1. The van der Waals surface area contributed by atoms with Gasteiger partial charge in [-0.15, -0.1) is 11.8 Å². The molecule has 0 aliphatic rings. The van der Waals surface area contributed by atoms with Gasteiger partial charge in [0.1, 0.15) is 16.4 Å². The lowest BCUT2D eigenvalue weighted by Gasteiger charge is -2.15. The van der Waals surface area contributed by atoms with E-state index in [0.29, 0.717) is 29.4 Å². The van der Waals surface area contributed by atoms with Crippen LogP contribution in [0.2, 0.25) is 0 Å². The number of thioether (sulfide) groups is 1. The normalized spacial score (nSPS) is 11.6.